The lowest BCUT2D eigenvalue weighted by Gasteiger charge is -2.41. The number of benzene rings is 2. The highest BCUT2D eigenvalue weighted by molar-refractivity contribution is 5.99. The van der Waals surface area contributed by atoms with Crippen molar-refractivity contribution < 1.29 is 23.8 Å². The molecule has 0 saturated carbocycles. The van der Waals surface area contributed by atoms with Crippen LogP contribution in [-0.2, 0) is 9.53 Å². The minimum atomic E-state index is -1.42. The normalized spacial score (nSPS) is 12.8. The molecule has 2 rings (SSSR count). The standard InChI is InChI=1S/C24H29N3O5/c1-6-24(23(3,4)5,32-22(26)29)21(28)27-17-9-12-18(13-10-17)31-19-11-8-16(15-25)20(14-19)30-7-2/h8-14H,6-7H2,1-5H3,(H2,26,29)(H,27,28)/t24-/m0/s1. The van der Waals surface area contributed by atoms with Gasteiger partial charge in [-0.05, 0) is 49.7 Å². The van der Waals surface area contributed by atoms with Gasteiger partial charge >= 0.3 is 6.09 Å². The monoisotopic (exact) mass is 439 g/mol. The van der Waals surface area contributed by atoms with Crippen LogP contribution in [0, 0.1) is 16.7 Å². The zero-order chi connectivity index (χ0) is 23.9. The predicted octanol–water partition coefficient (Wildman–Crippen LogP) is 4.98. The average molecular weight is 440 g/mol. The maximum Gasteiger partial charge on any atom is 0.405 e. The summed E-state index contributed by atoms with van der Waals surface area (Å²) in [5.41, 5.74) is 4.06. The summed E-state index contributed by atoms with van der Waals surface area (Å²) in [6.45, 7) is 9.46. The second-order valence-corrected chi connectivity index (χ2v) is 8.14. The first-order chi connectivity index (χ1) is 15.1. The van der Waals surface area contributed by atoms with Crippen LogP contribution in [0.15, 0.2) is 42.5 Å². The predicted molar refractivity (Wildman–Crippen MR) is 121 cm³/mol. The van der Waals surface area contributed by atoms with Gasteiger partial charge in [0, 0.05) is 17.2 Å². The van der Waals surface area contributed by atoms with E-state index in [2.05, 4.69) is 11.4 Å². The van der Waals surface area contributed by atoms with E-state index in [9.17, 15) is 9.59 Å². The lowest BCUT2D eigenvalue weighted by molar-refractivity contribution is -0.146. The van der Waals surface area contributed by atoms with E-state index in [1.807, 2.05) is 27.7 Å². The molecule has 8 heteroatoms. The second-order valence-electron chi connectivity index (χ2n) is 8.14. The molecule has 0 bridgehead atoms. The number of carbonyl (C=O) groups is 2. The van der Waals surface area contributed by atoms with Crippen molar-refractivity contribution >= 4 is 17.7 Å². The molecule has 0 heterocycles. The Morgan fingerprint density at radius 3 is 2.19 bits per heavy atom. The van der Waals surface area contributed by atoms with Gasteiger partial charge in [-0.1, -0.05) is 27.7 Å². The SMILES string of the molecule is CCOc1cc(Oc2ccc(NC(=O)[C@](CC)(OC(N)=O)C(C)(C)C)cc2)ccc1C#N. The van der Waals surface area contributed by atoms with Crippen molar-refractivity contribution in [2.24, 2.45) is 11.1 Å². The Morgan fingerprint density at radius 2 is 1.69 bits per heavy atom. The van der Waals surface area contributed by atoms with E-state index in [1.54, 1.807) is 49.4 Å². The number of rotatable bonds is 8. The molecule has 1 atom stereocenters. The summed E-state index contributed by atoms with van der Waals surface area (Å²) in [6.07, 6.45) is -0.748. The van der Waals surface area contributed by atoms with Crippen LogP contribution in [0.4, 0.5) is 10.5 Å². The molecule has 32 heavy (non-hydrogen) atoms. The Bertz CT molecular complexity index is 1010. The van der Waals surface area contributed by atoms with Crippen molar-refractivity contribution in [1.82, 2.24) is 0 Å². The van der Waals surface area contributed by atoms with Gasteiger partial charge in [0.05, 0.1) is 12.2 Å². The molecule has 170 valence electrons. The van der Waals surface area contributed by atoms with Crippen LogP contribution in [0.1, 0.15) is 46.6 Å². The van der Waals surface area contributed by atoms with Gasteiger partial charge in [-0.25, -0.2) is 4.79 Å². The first-order valence-electron chi connectivity index (χ1n) is 10.3. The van der Waals surface area contributed by atoms with Crippen LogP contribution in [-0.4, -0.2) is 24.2 Å². The Hall–Kier alpha value is -3.73. The third-order valence-corrected chi connectivity index (χ3v) is 5.07. The number of hydrogen-bond acceptors (Lipinski definition) is 6. The second kappa shape index (κ2) is 10.1. The van der Waals surface area contributed by atoms with Gasteiger partial charge in [0.1, 0.15) is 23.3 Å². The van der Waals surface area contributed by atoms with Crippen molar-refractivity contribution in [3.8, 4) is 23.3 Å². The number of nitrogens with zero attached hydrogens (tertiary/aromatic N) is 1. The molecule has 2 aromatic rings. The van der Waals surface area contributed by atoms with Crippen LogP contribution < -0.4 is 20.5 Å². The lowest BCUT2D eigenvalue weighted by atomic mass is 9.73. The number of anilines is 1. The fourth-order valence-electron chi connectivity index (χ4n) is 3.38. The van der Waals surface area contributed by atoms with Crippen LogP contribution in [0.2, 0.25) is 0 Å². The van der Waals surface area contributed by atoms with Gasteiger partial charge in [0.25, 0.3) is 5.91 Å². The third kappa shape index (κ3) is 5.49. The van der Waals surface area contributed by atoms with Crippen LogP contribution in [0.25, 0.3) is 0 Å². The van der Waals surface area contributed by atoms with E-state index in [1.165, 1.54) is 0 Å². The average Bonchev–Trinajstić information content (AvgIpc) is 2.72. The molecule has 2 aromatic carbocycles. The summed E-state index contributed by atoms with van der Waals surface area (Å²) >= 11 is 0. The fourth-order valence-corrected chi connectivity index (χ4v) is 3.38. The summed E-state index contributed by atoms with van der Waals surface area (Å²) < 4.78 is 16.6. The number of ether oxygens (including phenoxy) is 3. The molecule has 0 spiro atoms. The number of nitriles is 1. The molecule has 0 aromatic heterocycles. The maximum atomic E-state index is 13.1. The highest BCUT2D eigenvalue weighted by atomic mass is 16.6. The smallest absolute Gasteiger partial charge is 0.405 e. The molecule has 0 saturated heterocycles. The third-order valence-electron chi connectivity index (χ3n) is 5.07. The van der Waals surface area contributed by atoms with E-state index in [4.69, 9.17) is 25.2 Å². The fraction of sp³-hybridized carbons (Fsp3) is 0.375. The molecule has 2 amide bonds. The minimum absolute atomic E-state index is 0.257. The Labute approximate surface area is 188 Å². The van der Waals surface area contributed by atoms with Crippen LogP contribution >= 0.6 is 0 Å². The largest absolute Gasteiger partial charge is 0.492 e. The summed E-state index contributed by atoms with van der Waals surface area (Å²) in [4.78, 5) is 24.5. The number of carbonyl (C=O) groups excluding carboxylic acids is 2. The van der Waals surface area contributed by atoms with E-state index >= 15 is 0 Å². The van der Waals surface area contributed by atoms with Crippen molar-refractivity contribution in [1.29, 1.82) is 5.26 Å². The summed E-state index contributed by atoms with van der Waals surface area (Å²) in [5, 5.41) is 12.0. The Kier molecular flexibility index (Phi) is 7.71. The highest BCUT2D eigenvalue weighted by Crippen LogP contribution is 2.38. The van der Waals surface area contributed by atoms with Gasteiger partial charge in [-0.2, -0.15) is 5.26 Å². The number of nitrogens with one attached hydrogen (secondary N) is 1. The summed E-state index contributed by atoms with van der Waals surface area (Å²) in [5.74, 6) is 1.02. The highest BCUT2D eigenvalue weighted by Gasteiger charge is 2.50. The molecule has 0 radical (unpaired) electrons. The molecular weight excluding hydrogens is 410 g/mol. The first-order valence-corrected chi connectivity index (χ1v) is 10.3. The van der Waals surface area contributed by atoms with E-state index < -0.39 is 23.0 Å². The zero-order valence-corrected chi connectivity index (χ0v) is 19.0. The maximum absolute atomic E-state index is 13.1. The van der Waals surface area contributed by atoms with E-state index in [0.29, 0.717) is 35.1 Å². The van der Waals surface area contributed by atoms with Gasteiger partial charge < -0.3 is 25.3 Å². The molecule has 0 aliphatic heterocycles. The Morgan fingerprint density at radius 1 is 1.06 bits per heavy atom. The molecule has 8 nitrogen and oxygen atoms in total. The number of hydrogen-bond donors (Lipinski definition) is 2. The van der Waals surface area contributed by atoms with Crippen molar-refractivity contribution in [2.45, 2.75) is 46.6 Å². The minimum Gasteiger partial charge on any atom is -0.492 e. The summed E-state index contributed by atoms with van der Waals surface area (Å²) in [6, 6.07) is 13.8. The van der Waals surface area contributed by atoms with E-state index in [-0.39, 0.29) is 6.42 Å². The lowest BCUT2D eigenvalue weighted by Crippen LogP contribution is -2.56. The van der Waals surface area contributed by atoms with Crippen molar-refractivity contribution in [2.75, 3.05) is 11.9 Å². The Balaban J connectivity index is 2.19. The number of nitrogens with two attached hydrogens (primary N) is 1. The number of primary amides is 1. The van der Waals surface area contributed by atoms with Crippen LogP contribution in [0.3, 0.4) is 0 Å². The quantitative estimate of drug-likeness (QED) is 0.598. The van der Waals surface area contributed by atoms with Gasteiger partial charge in [0.2, 0.25) is 0 Å². The van der Waals surface area contributed by atoms with Crippen molar-refractivity contribution in [3.05, 3.63) is 48.0 Å². The number of amides is 2. The topological polar surface area (TPSA) is 124 Å². The van der Waals surface area contributed by atoms with Gasteiger partial charge in [-0.15, -0.1) is 0 Å². The molecule has 0 unspecified atom stereocenters. The first kappa shape index (κ1) is 24.5. The summed E-state index contributed by atoms with van der Waals surface area (Å²) in [7, 11) is 0. The van der Waals surface area contributed by atoms with Crippen LogP contribution in [0.5, 0.6) is 17.2 Å². The van der Waals surface area contributed by atoms with Gasteiger partial charge in [-0.3, -0.25) is 4.79 Å². The van der Waals surface area contributed by atoms with E-state index in [0.717, 1.165) is 0 Å². The molecular formula is C24H29N3O5. The van der Waals surface area contributed by atoms with Gasteiger partial charge in [0.15, 0.2) is 5.60 Å². The zero-order valence-electron chi connectivity index (χ0n) is 19.0. The van der Waals surface area contributed by atoms with Crippen molar-refractivity contribution in [3.63, 3.8) is 0 Å². The molecule has 0 fully saturated rings. The molecule has 0 aliphatic rings. The molecule has 3 N–H and O–H groups in total. The molecule has 0 aliphatic carbocycles.